The third-order valence-electron chi connectivity index (χ3n) is 3.80. The van der Waals surface area contributed by atoms with Gasteiger partial charge in [0.15, 0.2) is 0 Å². The molecule has 3 rings (SSSR count). The lowest BCUT2D eigenvalue weighted by atomic mass is 10.2. The molecule has 0 spiro atoms. The minimum absolute atomic E-state index is 0.00972. The molecule has 0 atom stereocenters. The van der Waals surface area contributed by atoms with Gasteiger partial charge in [0, 0.05) is 10.7 Å². The van der Waals surface area contributed by atoms with Crippen molar-refractivity contribution in [3.8, 4) is 5.75 Å². The van der Waals surface area contributed by atoms with Gasteiger partial charge in [-0.1, -0.05) is 53.0 Å². The molecule has 0 aliphatic carbocycles. The molecule has 0 fully saturated rings. The predicted molar refractivity (Wildman–Crippen MR) is 109 cm³/mol. The van der Waals surface area contributed by atoms with Crippen LogP contribution in [0.3, 0.4) is 0 Å². The first kappa shape index (κ1) is 20.5. The van der Waals surface area contributed by atoms with Gasteiger partial charge in [-0.25, -0.2) is 8.42 Å². The Hall–Kier alpha value is -2.25. The largest absolute Gasteiger partial charge is 0.506 e. The topological polar surface area (TPSA) is 83.5 Å². The van der Waals surface area contributed by atoms with Gasteiger partial charge in [0.25, 0.3) is 5.91 Å². The summed E-state index contributed by atoms with van der Waals surface area (Å²) in [4.78, 5) is 12.4. The minimum atomic E-state index is -3.89. The van der Waals surface area contributed by atoms with Gasteiger partial charge in [0.1, 0.15) is 5.75 Å². The van der Waals surface area contributed by atoms with Crippen LogP contribution in [0, 0.1) is 0 Å². The summed E-state index contributed by atoms with van der Waals surface area (Å²) in [7, 11) is -3.89. The van der Waals surface area contributed by atoms with E-state index in [1.165, 1.54) is 42.5 Å². The average Bonchev–Trinajstić information content (AvgIpc) is 2.66. The van der Waals surface area contributed by atoms with Crippen molar-refractivity contribution in [2.75, 3.05) is 5.32 Å². The maximum Gasteiger partial charge on any atom is 0.259 e. The molecule has 0 unspecified atom stereocenters. The molecule has 0 heterocycles. The summed E-state index contributed by atoms with van der Waals surface area (Å²) in [6.45, 7) is 0. The summed E-state index contributed by atoms with van der Waals surface area (Å²) in [5, 5.41) is 12.6. The Bertz CT molecular complexity index is 1170. The standard InChI is InChI=1S/C19H12Cl3NO4S/c20-11-8-14(18(24)16(22)9-11)19(25)23-12-6-7-15(21)17(10-12)28(26,27)13-4-2-1-3-5-13/h1-10,24H,(H,23,25). The molecule has 3 aromatic carbocycles. The first-order valence-corrected chi connectivity index (χ1v) is 10.4. The first-order chi connectivity index (χ1) is 13.2. The van der Waals surface area contributed by atoms with Crippen LogP contribution in [0.15, 0.2) is 70.5 Å². The molecule has 0 radical (unpaired) electrons. The molecule has 0 aliphatic heterocycles. The first-order valence-electron chi connectivity index (χ1n) is 7.79. The van der Waals surface area contributed by atoms with E-state index in [4.69, 9.17) is 34.8 Å². The molecular weight excluding hydrogens is 445 g/mol. The highest BCUT2D eigenvalue weighted by Crippen LogP contribution is 2.33. The van der Waals surface area contributed by atoms with Crippen molar-refractivity contribution < 1.29 is 18.3 Å². The number of carbonyl (C=O) groups excluding carboxylic acids is 1. The smallest absolute Gasteiger partial charge is 0.259 e. The lowest BCUT2D eigenvalue weighted by Gasteiger charge is -2.11. The van der Waals surface area contributed by atoms with Crippen LogP contribution in [0.1, 0.15) is 10.4 Å². The molecule has 0 saturated heterocycles. The van der Waals surface area contributed by atoms with Crippen molar-refractivity contribution >= 4 is 56.2 Å². The fourth-order valence-electron chi connectivity index (χ4n) is 2.45. The molecular formula is C19H12Cl3NO4S. The molecule has 144 valence electrons. The van der Waals surface area contributed by atoms with E-state index in [1.54, 1.807) is 18.2 Å². The van der Waals surface area contributed by atoms with Crippen molar-refractivity contribution in [3.63, 3.8) is 0 Å². The SMILES string of the molecule is O=C(Nc1ccc(Cl)c(S(=O)(=O)c2ccccc2)c1)c1cc(Cl)cc(Cl)c1O. The molecule has 0 aliphatic rings. The van der Waals surface area contributed by atoms with Gasteiger partial charge in [0.05, 0.1) is 25.4 Å². The lowest BCUT2D eigenvalue weighted by Crippen LogP contribution is -2.13. The number of hydrogen-bond acceptors (Lipinski definition) is 4. The van der Waals surface area contributed by atoms with E-state index in [-0.39, 0.29) is 36.1 Å². The molecule has 1 amide bonds. The highest BCUT2D eigenvalue weighted by atomic mass is 35.5. The van der Waals surface area contributed by atoms with E-state index in [9.17, 15) is 18.3 Å². The quantitative estimate of drug-likeness (QED) is 0.548. The van der Waals surface area contributed by atoms with Crippen molar-refractivity contribution in [2.24, 2.45) is 0 Å². The van der Waals surface area contributed by atoms with Crippen LogP contribution in [-0.2, 0) is 9.84 Å². The molecule has 5 nitrogen and oxygen atoms in total. The van der Waals surface area contributed by atoms with Crippen molar-refractivity contribution in [1.29, 1.82) is 0 Å². The number of aromatic hydroxyl groups is 1. The van der Waals surface area contributed by atoms with E-state index < -0.39 is 21.5 Å². The van der Waals surface area contributed by atoms with Gasteiger partial charge >= 0.3 is 0 Å². The van der Waals surface area contributed by atoms with Gasteiger partial charge in [-0.3, -0.25) is 4.79 Å². The summed E-state index contributed by atoms with van der Waals surface area (Å²) < 4.78 is 25.7. The van der Waals surface area contributed by atoms with E-state index in [2.05, 4.69) is 5.32 Å². The second-order valence-corrected chi connectivity index (χ2v) is 8.87. The Balaban J connectivity index is 1.98. The van der Waals surface area contributed by atoms with E-state index in [1.807, 2.05) is 0 Å². The molecule has 0 saturated carbocycles. The zero-order chi connectivity index (χ0) is 20.5. The molecule has 28 heavy (non-hydrogen) atoms. The number of sulfone groups is 1. The van der Waals surface area contributed by atoms with Gasteiger partial charge in [-0.2, -0.15) is 0 Å². The number of phenols is 1. The van der Waals surface area contributed by atoms with Crippen LogP contribution in [0.5, 0.6) is 5.75 Å². The maximum absolute atomic E-state index is 12.8. The number of hydrogen-bond donors (Lipinski definition) is 2. The highest BCUT2D eigenvalue weighted by Gasteiger charge is 2.22. The van der Waals surface area contributed by atoms with Gasteiger partial charge < -0.3 is 10.4 Å². The Morgan fingerprint density at radius 3 is 2.25 bits per heavy atom. The van der Waals surface area contributed by atoms with E-state index in [0.717, 1.165) is 0 Å². The zero-order valence-corrected chi connectivity index (χ0v) is 17.1. The Labute approximate surface area is 176 Å². The summed E-state index contributed by atoms with van der Waals surface area (Å²) in [5.74, 6) is -1.15. The van der Waals surface area contributed by atoms with Crippen LogP contribution < -0.4 is 5.32 Å². The number of anilines is 1. The zero-order valence-electron chi connectivity index (χ0n) is 14.0. The van der Waals surface area contributed by atoms with Gasteiger partial charge in [0.2, 0.25) is 9.84 Å². The van der Waals surface area contributed by atoms with Crippen LogP contribution in [0.2, 0.25) is 15.1 Å². The second-order valence-electron chi connectivity index (χ2n) is 5.70. The van der Waals surface area contributed by atoms with Crippen LogP contribution in [0.25, 0.3) is 0 Å². The average molecular weight is 457 g/mol. The Morgan fingerprint density at radius 1 is 0.893 bits per heavy atom. The fourth-order valence-corrected chi connectivity index (χ4v) is 4.74. The maximum atomic E-state index is 12.8. The number of nitrogens with one attached hydrogen (secondary N) is 1. The van der Waals surface area contributed by atoms with E-state index in [0.29, 0.717) is 0 Å². The van der Waals surface area contributed by atoms with Crippen molar-refractivity contribution in [2.45, 2.75) is 9.79 Å². The summed E-state index contributed by atoms with van der Waals surface area (Å²) in [6.07, 6.45) is 0. The third kappa shape index (κ3) is 4.10. The van der Waals surface area contributed by atoms with Crippen molar-refractivity contribution in [3.05, 3.63) is 81.3 Å². The summed E-state index contributed by atoms with van der Waals surface area (Å²) >= 11 is 17.8. The normalized spacial score (nSPS) is 11.2. The van der Waals surface area contributed by atoms with Crippen LogP contribution in [-0.4, -0.2) is 19.4 Å². The number of amides is 1. The van der Waals surface area contributed by atoms with E-state index >= 15 is 0 Å². The van der Waals surface area contributed by atoms with Gasteiger partial charge in [-0.15, -0.1) is 0 Å². The number of halogens is 3. The van der Waals surface area contributed by atoms with Gasteiger partial charge in [-0.05, 0) is 42.5 Å². The number of rotatable bonds is 4. The highest BCUT2D eigenvalue weighted by molar-refractivity contribution is 7.91. The lowest BCUT2D eigenvalue weighted by molar-refractivity contribution is 0.102. The minimum Gasteiger partial charge on any atom is -0.506 e. The second kappa shape index (κ2) is 8.01. The molecule has 2 N–H and O–H groups in total. The molecule has 0 bridgehead atoms. The monoisotopic (exact) mass is 455 g/mol. The van der Waals surface area contributed by atoms with Crippen molar-refractivity contribution in [1.82, 2.24) is 0 Å². The van der Waals surface area contributed by atoms with Crippen LogP contribution in [0.4, 0.5) is 5.69 Å². The number of benzene rings is 3. The van der Waals surface area contributed by atoms with Crippen LogP contribution >= 0.6 is 34.8 Å². The Kier molecular flexibility index (Phi) is 5.86. The summed E-state index contributed by atoms with van der Waals surface area (Å²) in [6, 6.07) is 14.4. The predicted octanol–water partition coefficient (Wildman–Crippen LogP) is 5.44. The Morgan fingerprint density at radius 2 is 1.57 bits per heavy atom. The third-order valence-corrected chi connectivity index (χ3v) is 6.56. The fraction of sp³-hybridized carbons (Fsp3) is 0. The molecule has 9 heteroatoms. The molecule has 0 aromatic heterocycles. The number of carbonyl (C=O) groups is 1. The summed E-state index contributed by atoms with van der Waals surface area (Å²) in [5.41, 5.74) is 0.0133. The molecule has 3 aromatic rings. The number of phenolic OH excluding ortho intramolecular Hbond substituents is 1.